The Balaban J connectivity index is 2.54. The van der Waals surface area contributed by atoms with Crippen LogP contribution < -0.4 is 0 Å². The summed E-state index contributed by atoms with van der Waals surface area (Å²) in [4.78, 5) is 15.3. The highest BCUT2D eigenvalue weighted by Crippen LogP contribution is 2.14. The van der Waals surface area contributed by atoms with Crippen molar-refractivity contribution in [3.05, 3.63) is 29.9 Å². The van der Waals surface area contributed by atoms with Gasteiger partial charge >= 0.3 is 0 Å². The van der Waals surface area contributed by atoms with Crippen LogP contribution in [0.15, 0.2) is 24.2 Å². The van der Waals surface area contributed by atoms with Crippen LogP contribution in [0.1, 0.15) is 30.3 Å². The molecule has 0 aliphatic carbocycles. The zero-order valence-corrected chi connectivity index (χ0v) is 8.63. The number of carbonyl (C=O) groups is 1. The zero-order chi connectivity index (χ0) is 11.4. The van der Waals surface area contributed by atoms with E-state index in [1.165, 1.54) is 13.3 Å². The average molecular weight is 214 g/mol. The Morgan fingerprint density at radius 3 is 2.60 bits per heavy atom. The van der Waals surface area contributed by atoms with Gasteiger partial charge in [-0.15, -0.1) is 0 Å². The molecule has 0 amide bonds. The number of halogens is 2. The first-order valence-electron chi connectivity index (χ1n) is 4.52. The molecular formula is C10H12F2N2O. The van der Waals surface area contributed by atoms with Gasteiger partial charge in [-0.2, -0.15) is 8.78 Å². The van der Waals surface area contributed by atoms with Crippen LogP contribution in [0.5, 0.6) is 0 Å². The zero-order valence-electron chi connectivity index (χ0n) is 8.63. The van der Waals surface area contributed by atoms with Crippen LogP contribution in [0.25, 0.3) is 0 Å². The van der Waals surface area contributed by atoms with Crippen molar-refractivity contribution in [1.82, 2.24) is 9.55 Å². The molecule has 82 valence electrons. The molecule has 1 rings (SSSR count). The topological polar surface area (TPSA) is 34.9 Å². The van der Waals surface area contributed by atoms with Gasteiger partial charge in [0.05, 0.1) is 6.33 Å². The summed E-state index contributed by atoms with van der Waals surface area (Å²) in [5.41, 5.74) is 0.281. The molecule has 0 aliphatic heterocycles. The average Bonchev–Trinajstić information content (AvgIpc) is 2.60. The highest BCUT2D eigenvalue weighted by Gasteiger charge is 2.10. The third-order valence-electron chi connectivity index (χ3n) is 2.04. The number of hydrogen-bond acceptors (Lipinski definition) is 2. The lowest BCUT2D eigenvalue weighted by atomic mass is 10.1. The monoisotopic (exact) mass is 214 g/mol. The first kappa shape index (κ1) is 11.6. The lowest BCUT2D eigenvalue weighted by molar-refractivity contribution is 0.0978. The van der Waals surface area contributed by atoms with E-state index in [4.69, 9.17) is 0 Å². The van der Waals surface area contributed by atoms with Gasteiger partial charge in [0.15, 0.2) is 5.78 Å². The summed E-state index contributed by atoms with van der Waals surface area (Å²) in [5, 5.41) is 0. The summed E-state index contributed by atoms with van der Waals surface area (Å²) in [6, 6.07) is 0. The Bertz CT molecular complexity index is 392. The van der Waals surface area contributed by atoms with E-state index in [1.807, 2.05) is 0 Å². The van der Waals surface area contributed by atoms with Gasteiger partial charge in [0.25, 0.3) is 6.08 Å². The highest BCUT2D eigenvalue weighted by atomic mass is 19.3. The summed E-state index contributed by atoms with van der Waals surface area (Å²) < 4.78 is 25.7. The Morgan fingerprint density at radius 1 is 1.47 bits per heavy atom. The van der Waals surface area contributed by atoms with Crippen molar-refractivity contribution in [3.63, 3.8) is 0 Å². The summed E-state index contributed by atoms with van der Waals surface area (Å²) in [6.45, 7) is 1.32. The van der Waals surface area contributed by atoms with Crippen molar-refractivity contribution in [1.29, 1.82) is 0 Å². The maximum absolute atomic E-state index is 12.0. The van der Waals surface area contributed by atoms with Gasteiger partial charge in [-0.1, -0.05) is 0 Å². The SMILES string of the molecule is CC(CCC(=O)c1cn(C)cn1)=C(F)F. The second-order valence-electron chi connectivity index (χ2n) is 3.39. The van der Waals surface area contributed by atoms with Gasteiger partial charge in [0.1, 0.15) is 5.69 Å². The summed E-state index contributed by atoms with van der Waals surface area (Å²) >= 11 is 0. The molecule has 0 saturated carbocycles. The maximum Gasteiger partial charge on any atom is 0.269 e. The van der Waals surface area contributed by atoms with Gasteiger partial charge in [-0.3, -0.25) is 4.79 Å². The molecule has 0 unspecified atom stereocenters. The molecule has 3 nitrogen and oxygen atoms in total. The number of ketones is 1. The van der Waals surface area contributed by atoms with Gasteiger partial charge < -0.3 is 4.57 Å². The van der Waals surface area contributed by atoms with Crippen molar-refractivity contribution < 1.29 is 13.6 Å². The minimum Gasteiger partial charge on any atom is -0.340 e. The molecular weight excluding hydrogens is 202 g/mol. The molecule has 1 aromatic rings. The highest BCUT2D eigenvalue weighted by molar-refractivity contribution is 5.94. The van der Waals surface area contributed by atoms with Crippen molar-refractivity contribution >= 4 is 5.78 Å². The lowest BCUT2D eigenvalue weighted by Gasteiger charge is -1.97. The van der Waals surface area contributed by atoms with E-state index in [0.717, 1.165) is 0 Å². The van der Waals surface area contributed by atoms with Gasteiger partial charge in [-0.25, -0.2) is 4.98 Å². The predicted molar refractivity (Wildman–Crippen MR) is 51.7 cm³/mol. The van der Waals surface area contributed by atoms with Crippen LogP contribution in [0.3, 0.4) is 0 Å². The minimum absolute atomic E-state index is 0.0423. The molecule has 0 fully saturated rings. The quantitative estimate of drug-likeness (QED) is 0.722. The van der Waals surface area contributed by atoms with E-state index in [9.17, 15) is 13.6 Å². The van der Waals surface area contributed by atoms with E-state index < -0.39 is 6.08 Å². The van der Waals surface area contributed by atoms with Gasteiger partial charge in [-0.05, 0) is 18.9 Å². The summed E-state index contributed by atoms with van der Waals surface area (Å²) in [7, 11) is 1.75. The normalized spacial score (nSPS) is 10.1. The van der Waals surface area contributed by atoms with Gasteiger partial charge in [0, 0.05) is 19.7 Å². The second kappa shape index (κ2) is 4.82. The Kier molecular flexibility index (Phi) is 3.71. The number of Topliss-reactive ketones (excluding diaryl/α,β-unsaturated/α-hetero) is 1. The molecule has 0 aromatic carbocycles. The number of hydrogen-bond donors (Lipinski definition) is 0. The number of aryl methyl sites for hydroxylation is 1. The van der Waals surface area contributed by atoms with E-state index in [-0.39, 0.29) is 24.2 Å². The summed E-state index contributed by atoms with van der Waals surface area (Å²) in [6.07, 6.45) is 1.53. The number of rotatable bonds is 4. The molecule has 0 spiro atoms. The molecule has 0 bridgehead atoms. The molecule has 1 aromatic heterocycles. The first-order valence-corrected chi connectivity index (χ1v) is 4.52. The largest absolute Gasteiger partial charge is 0.340 e. The second-order valence-corrected chi connectivity index (χ2v) is 3.39. The third-order valence-corrected chi connectivity index (χ3v) is 2.04. The van der Waals surface area contributed by atoms with Crippen LogP contribution in [-0.4, -0.2) is 15.3 Å². The number of carbonyl (C=O) groups excluding carboxylic acids is 1. The van der Waals surface area contributed by atoms with Crippen LogP contribution >= 0.6 is 0 Å². The molecule has 0 radical (unpaired) electrons. The lowest BCUT2D eigenvalue weighted by Crippen LogP contribution is -1.99. The molecule has 0 atom stereocenters. The molecule has 0 aliphatic rings. The van der Waals surface area contributed by atoms with Crippen LogP contribution in [0, 0.1) is 0 Å². The van der Waals surface area contributed by atoms with E-state index >= 15 is 0 Å². The molecule has 0 saturated heterocycles. The number of allylic oxidation sites excluding steroid dienone is 1. The standard InChI is InChI=1S/C10H12F2N2O/c1-7(10(11)12)3-4-9(15)8-5-14(2)6-13-8/h5-6H,3-4H2,1-2H3. The Morgan fingerprint density at radius 2 is 2.13 bits per heavy atom. The van der Waals surface area contributed by atoms with Crippen LogP contribution in [0.2, 0.25) is 0 Å². The van der Waals surface area contributed by atoms with Crippen molar-refractivity contribution in [3.8, 4) is 0 Å². The van der Waals surface area contributed by atoms with Crippen molar-refractivity contribution in [2.75, 3.05) is 0 Å². The van der Waals surface area contributed by atoms with Crippen molar-refractivity contribution in [2.24, 2.45) is 7.05 Å². The van der Waals surface area contributed by atoms with E-state index in [1.54, 1.807) is 17.8 Å². The van der Waals surface area contributed by atoms with E-state index in [0.29, 0.717) is 5.69 Å². The first-order chi connectivity index (χ1) is 7.00. The predicted octanol–water partition coefficient (Wildman–Crippen LogP) is 2.55. The van der Waals surface area contributed by atoms with E-state index in [2.05, 4.69) is 4.98 Å². The number of aromatic nitrogens is 2. The Labute approximate surface area is 86.4 Å². The minimum atomic E-state index is -1.70. The van der Waals surface area contributed by atoms with Crippen molar-refractivity contribution in [2.45, 2.75) is 19.8 Å². The molecule has 5 heteroatoms. The van der Waals surface area contributed by atoms with Crippen LogP contribution in [-0.2, 0) is 7.05 Å². The fourth-order valence-corrected chi connectivity index (χ4v) is 1.08. The fourth-order valence-electron chi connectivity index (χ4n) is 1.08. The van der Waals surface area contributed by atoms with Gasteiger partial charge in [0.2, 0.25) is 0 Å². The third kappa shape index (κ3) is 3.27. The molecule has 0 N–H and O–H groups in total. The molecule has 15 heavy (non-hydrogen) atoms. The number of nitrogens with zero attached hydrogens (tertiary/aromatic N) is 2. The smallest absolute Gasteiger partial charge is 0.269 e. The molecule has 1 heterocycles. The van der Waals surface area contributed by atoms with Crippen LogP contribution in [0.4, 0.5) is 8.78 Å². The fraction of sp³-hybridized carbons (Fsp3) is 0.400. The summed E-state index contributed by atoms with van der Waals surface area (Å²) in [5.74, 6) is -0.212. The maximum atomic E-state index is 12.0. The number of imidazole rings is 1. The Hall–Kier alpha value is -1.52.